The number of piperidine rings is 1. The van der Waals surface area contributed by atoms with Gasteiger partial charge in [-0.1, -0.05) is 13.0 Å². The SMILES string of the molecule is CCc1c(-c2cc(F)c3nccn3c2)[nH]c2ccc(C3CCN(CC(=O)N(C)C)CC3)cc12. The number of aromatic amines is 1. The van der Waals surface area contributed by atoms with Crippen LogP contribution in [0.2, 0.25) is 0 Å². The number of carbonyl (C=O) groups excluding carboxylic acids is 1. The number of rotatable bonds is 5. The largest absolute Gasteiger partial charge is 0.354 e. The molecule has 0 bridgehead atoms. The summed E-state index contributed by atoms with van der Waals surface area (Å²) in [6.45, 7) is 4.51. The van der Waals surface area contributed by atoms with Crippen LogP contribution >= 0.6 is 0 Å². The summed E-state index contributed by atoms with van der Waals surface area (Å²) in [4.78, 5) is 23.6. The van der Waals surface area contributed by atoms with Gasteiger partial charge in [-0.05, 0) is 67.6 Å². The fraction of sp³-hybridized carbons (Fsp3) is 0.385. The average Bonchev–Trinajstić information content (AvgIpc) is 3.43. The van der Waals surface area contributed by atoms with Gasteiger partial charge in [0.15, 0.2) is 11.5 Å². The standard InChI is InChI=1S/C26H30FN5O/c1-4-20-21-13-18(17-7-10-31(11-8-17)16-24(33)30(2)3)5-6-23(21)29-25(20)19-14-22(27)26-28-9-12-32(26)15-19/h5-6,9,12-15,17,29H,4,7-8,10-11,16H2,1-3H3. The number of imidazole rings is 1. The predicted octanol–water partition coefficient (Wildman–Crippen LogP) is 4.45. The second-order valence-corrected chi connectivity index (χ2v) is 9.21. The number of aryl methyl sites for hydroxylation is 1. The maximum atomic E-state index is 14.6. The predicted molar refractivity (Wildman–Crippen MR) is 129 cm³/mol. The minimum Gasteiger partial charge on any atom is -0.354 e. The van der Waals surface area contributed by atoms with Gasteiger partial charge in [0.1, 0.15) is 0 Å². The Kier molecular flexibility index (Phi) is 5.66. The van der Waals surface area contributed by atoms with E-state index < -0.39 is 0 Å². The molecule has 1 aromatic carbocycles. The summed E-state index contributed by atoms with van der Waals surface area (Å²) < 4.78 is 16.3. The molecular weight excluding hydrogens is 417 g/mol. The van der Waals surface area contributed by atoms with Gasteiger partial charge in [-0.3, -0.25) is 9.69 Å². The first kappa shape index (κ1) is 21.6. The van der Waals surface area contributed by atoms with Crippen LogP contribution in [0.4, 0.5) is 4.39 Å². The normalized spacial score (nSPS) is 15.5. The molecule has 1 N–H and O–H groups in total. The summed E-state index contributed by atoms with van der Waals surface area (Å²) in [5.41, 5.74) is 5.76. The minimum absolute atomic E-state index is 0.160. The molecule has 0 aliphatic carbocycles. The lowest BCUT2D eigenvalue weighted by Gasteiger charge is -2.32. The molecule has 0 unspecified atom stereocenters. The highest BCUT2D eigenvalue weighted by atomic mass is 19.1. The quantitative estimate of drug-likeness (QED) is 0.492. The van der Waals surface area contributed by atoms with Gasteiger partial charge < -0.3 is 14.3 Å². The first-order chi connectivity index (χ1) is 15.9. The zero-order valence-corrected chi connectivity index (χ0v) is 19.4. The Bertz CT molecular complexity index is 1310. The van der Waals surface area contributed by atoms with Gasteiger partial charge in [-0.25, -0.2) is 9.37 Å². The molecule has 7 heteroatoms. The molecule has 1 fully saturated rings. The number of halogens is 1. The van der Waals surface area contributed by atoms with Crippen LogP contribution < -0.4 is 0 Å². The van der Waals surface area contributed by atoms with Crippen molar-refractivity contribution in [3.05, 3.63) is 59.8 Å². The van der Waals surface area contributed by atoms with Crippen molar-refractivity contribution in [2.24, 2.45) is 0 Å². The zero-order valence-electron chi connectivity index (χ0n) is 19.4. The molecule has 0 spiro atoms. The average molecular weight is 448 g/mol. The van der Waals surface area contributed by atoms with Crippen LogP contribution in [-0.4, -0.2) is 63.8 Å². The third-order valence-corrected chi connectivity index (χ3v) is 6.93. The summed E-state index contributed by atoms with van der Waals surface area (Å²) in [6, 6.07) is 8.25. The van der Waals surface area contributed by atoms with E-state index in [9.17, 15) is 9.18 Å². The number of aromatic nitrogens is 3. The van der Waals surface area contributed by atoms with Crippen LogP contribution in [0.3, 0.4) is 0 Å². The van der Waals surface area contributed by atoms with Crippen molar-refractivity contribution in [3.8, 4) is 11.3 Å². The summed E-state index contributed by atoms with van der Waals surface area (Å²) >= 11 is 0. The highest BCUT2D eigenvalue weighted by Crippen LogP contribution is 2.35. The molecule has 4 aromatic rings. The number of likely N-dealkylation sites (tertiary alicyclic amines) is 1. The van der Waals surface area contributed by atoms with E-state index in [1.807, 2.05) is 20.3 Å². The van der Waals surface area contributed by atoms with Crippen LogP contribution in [0.15, 0.2) is 42.9 Å². The van der Waals surface area contributed by atoms with E-state index in [1.54, 1.807) is 27.8 Å². The Morgan fingerprint density at radius 1 is 1.24 bits per heavy atom. The molecule has 6 nitrogen and oxygen atoms in total. The van der Waals surface area contributed by atoms with Gasteiger partial charge in [0.2, 0.25) is 5.91 Å². The number of hydrogen-bond donors (Lipinski definition) is 1. The topological polar surface area (TPSA) is 56.6 Å². The first-order valence-electron chi connectivity index (χ1n) is 11.6. The van der Waals surface area contributed by atoms with E-state index in [-0.39, 0.29) is 11.7 Å². The van der Waals surface area contributed by atoms with Gasteiger partial charge in [0.25, 0.3) is 0 Å². The number of amides is 1. The van der Waals surface area contributed by atoms with Crippen LogP contribution in [-0.2, 0) is 11.2 Å². The molecule has 33 heavy (non-hydrogen) atoms. The Morgan fingerprint density at radius 2 is 2.03 bits per heavy atom. The molecule has 5 rings (SSSR count). The fourth-order valence-corrected chi connectivity index (χ4v) is 5.02. The number of hydrogen-bond acceptors (Lipinski definition) is 3. The minimum atomic E-state index is -0.321. The second-order valence-electron chi connectivity index (χ2n) is 9.21. The third kappa shape index (κ3) is 4.02. The Hall–Kier alpha value is -3.19. The zero-order chi connectivity index (χ0) is 23.1. The number of H-pyrrole nitrogens is 1. The summed E-state index contributed by atoms with van der Waals surface area (Å²) in [6.07, 6.45) is 8.27. The van der Waals surface area contributed by atoms with Gasteiger partial charge in [0, 0.05) is 49.2 Å². The summed E-state index contributed by atoms with van der Waals surface area (Å²) in [7, 11) is 3.62. The van der Waals surface area contributed by atoms with E-state index >= 15 is 0 Å². The smallest absolute Gasteiger partial charge is 0.236 e. The molecule has 172 valence electrons. The van der Waals surface area contributed by atoms with E-state index in [0.717, 1.165) is 49.1 Å². The molecule has 1 saturated heterocycles. The van der Waals surface area contributed by atoms with Crippen LogP contribution in [0.5, 0.6) is 0 Å². The highest BCUT2D eigenvalue weighted by Gasteiger charge is 2.23. The fourth-order valence-electron chi connectivity index (χ4n) is 5.02. The van der Waals surface area contributed by atoms with E-state index in [0.29, 0.717) is 18.1 Å². The number of carbonyl (C=O) groups is 1. The number of nitrogens with zero attached hydrogens (tertiary/aromatic N) is 4. The molecule has 0 radical (unpaired) electrons. The number of fused-ring (bicyclic) bond motifs is 2. The number of benzene rings is 1. The summed E-state index contributed by atoms with van der Waals surface area (Å²) in [5, 5.41) is 1.21. The molecule has 1 aliphatic heterocycles. The first-order valence-corrected chi connectivity index (χ1v) is 11.6. The number of pyridine rings is 1. The molecule has 0 saturated carbocycles. The lowest BCUT2D eigenvalue weighted by Crippen LogP contribution is -2.40. The van der Waals surface area contributed by atoms with Crippen molar-refractivity contribution in [3.63, 3.8) is 0 Å². The lowest BCUT2D eigenvalue weighted by molar-refractivity contribution is -0.130. The van der Waals surface area contributed by atoms with Crippen molar-refractivity contribution in [1.82, 2.24) is 24.2 Å². The van der Waals surface area contributed by atoms with Crippen LogP contribution in [0.1, 0.15) is 36.8 Å². The van der Waals surface area contributed by atoms with Crippen LogP contribution in [0.25, 0.3) is 27.8 Å². The highest BCUT2D eigenvalue weighted by molar-refractivity contribution is 5.91. The van der Waals surface area contributed by atoms with Gasteiger partial charge in [-0.2, -0.15) is 0 Å². The molecule has 4 heterocycles. The van der Waals surface area contributed by atoms with Gasteiger partial charge >= 0.3 is 0 Å². The Labute approximate surface area is 193 Å². The molecule has 1 aliphatic rings. The van der Waals surface area contributed by atoms with Crippen molar-refractivity contribution >= 4 is 22.5 Å². The maximum Gasteiger partial charge on any atom is 0.236 e. The molecule has 1 amide bonds. The van der Waals surface area contributed by atoms with Crippen LogP contribution in [0, 0.1) is 5.82 Å². The van der Waals surface area contributed by atoms with Crippen molar-refractivity contribution < 1.29 is 9.18 Å². The molecule has 3 aromatic heterocycles. The van der Waals surface area contributed by atoms with Gasteiger partial charge in [0.05, 0.1) is 12.2 Å². The lowest BCUT2D eigenvalue weighted by atomic mass is 9.88. The van der Waals surface area contributed by atoms with Crippen molar-refractivity contribution in [2.75, 3.05) is 33.7 Å². The monoisotopic (exact) mass is 447 g/mol. The van der Waals surface area contributed by atoms with Crippen molar-refractivity contribution in [2.45, 2.75) is 32.1 Å². The number of likely N-dealkylation sites (N-methyl/N-ethyl adjacent to an activating group) is 1. The van der Waals surface area contributed by atoms with E-state index in [4.69, 9.17) is 0 Å². The maximum absolute atomic E-state index is 14.6. The molecule has 0 atom stereocenters. The third-order valence-electron chi connectivity index (χ3n) is 6.93. The van der Waals surface area contributed by atoms with Crippen molar-refractivity contribution in [1.29, 1.82) is 0 Å². The van der Waals surface area contributed by atoms with E-state index in [1.165, 1.54) is 16.5 Å². The van der Waals surface area contributed by atoms with E-state index in [2.05, 4.69) is 40.0 Å². The number of nitrogens with one attached hydrogen (secondary N) is 1. The Morgan fingerprint density at radius 3 is 2.76 bits per heavy atom. The van der Waals surface area contributed by atoms with Gasteiger partial charge in [-0.15, -0.1) is 0 Å². The summed E-state index contributed by atoms with van der Waals surface area (Å²) in [5.74, 6) is 0.328. The second kappa shape index (κ2) is 8.63. The Balaban J connectivity index is 1.42. The molecular formula is C26H30FN5O.